The summed E-state index contributed by atoms with van der Waals surface area (Å²) >= 11 is 0. The highest BCUT2D eigenvalue weighted by Gasteiger charge is 2.02. The van der Waals surface area contributed by atoms with Crippen LogP contribution in [-0.2, 0) is 6.42 Å². The van der Waals surface area contributed by atoms with Gasteiger partial charge < -0.3 is 10.3 Å². The van der Waals surface area contributed by atoms with E-state index in [9.17, 15) is 4.79 Å². The first kappa shape index (κ1) is 11.6. The van der Waals surface area contributed by atoms with Crippen LogP contribution in [0.15, 0.2) is 47.8 Å². The van der Waals surface area contributed by atoms with Crippen LogP contribution in [0.3, 0.4) is 0 Å². The summed E-state index contributed by atoms with van der Waals surface area (Å²) in [5.74, 6) is 0. The van der Waals surface area contributed by atoms with Crippen molar-refractivity contribution in [1.29, 1.82) is 0 Å². The smallest absolute Gasteiger partial charge is 0.248 e. The Kier molecular flexibility index (Phi) is 3.73. The molecule has 0 spiro atoms. The highest BCUT2D eigenvalue weighted by molar-refractivity contribution is 5.81. The van der Waals surface area contributed by atoms with Gasteiger partial charge in [0.25, 0.3) is 0 Å². The van der Waals surface area contributed by atoms with Gasteiger partial charge in [-0.3, -0.25) is 4.79 Å². The first-order valence-electron chi connectivity index (χ1n) is 5.74. The van der Waals surface area contributed by atoms with Crippen LogP contribution in [0.25, 0.3) is 10.9 Å². The van der Waals surface area contributed by atoms with E-state index in [1.165, 1.54) is 0 Å². The van der Waals surface area contributed by atoms with Crippen molar-refractivity contribution in [2.24, 2.45) is 0 Å². The summed E-state index contributed by atoms with van der Waals surface area (Å²) in [6.45, 7) is 5.29. The fraction of sp³-hybridized carbons (Fsp3) is 0.214. The number of aromatic nitrogens is 1. The lowest BCUT2D eigenvalue weighted by atomic mass is 10.1. The van der Waals surface area contributed by atoms with Crippen LogP contribution in [0.5, 0.6) is 0 Å². The molecule has 3 heteroatoms. The largest absolute Gasteiger partial charge is 0.322 e. The summed E-state index contributed by atoms with van der Waals surface area (Å²) in [5.41, 5.74) is 1.95. The molecule has 0 bridgehead atoms. The van der Waals surface area contributed by atoms with E-state index in [0.29, 0.717) is 0 Å². The normalized spacial score (nSPS) is 10.6. The number of hydrogen-bond donors (Lipinski definition) is 2. The molecule has 0 radical (unpaired) electrons. The monoisotopic (exact) mass is 228 g/mol. The minimum absolute atomic E-state index is 0.0394. The molecule has 0 aliphatic heterocycles. The van der Waals surface area contributed by atoms with Crippen LogP contribution >= 0.6 is 0 Å². The molecule has 0 saturated carbocycles. The quantitative estimate of drug-likeness (QED) is 0.606. The van der Waals surface area contributed by atoms with E-state index < -0.39 is 0 Å². The Balaban J connectivity index is 2.26. The van der Waals surface area contributed by atoms with Crippen molar-refractivity contribution in [3.63, 3.8) is 0 Å². The molecule has 0 aliphatic carbocycles. The summed E-state index contributed by atoms with van der Waals surface area (Å²) in [6.07, 6.45) is 2.67. The predicted octanol–water partition coefficient (Wildman–Crippen LogP) is 1.85. The Morgan fingerprint density at radius 3 is 3.00 bits per heavy atom. The number of fused-ring (bicyclic) bond motifs is 1. The number of aromatic amines is 1. The third-order valence-corrected chi connectivity index (χ3v) is 2.70. The zero-order valence-electron chi connectivity index (χ0n) is 9.70. The fourth-order valence-electron chi connectivity index (χ4n) is 1.91. The van der Waals surface area contributed by atoms with Crippen LogP contribution < -0.4 is 10.9 Å². The number of para-hydroxylation sites is 1. The molecule has 2 N–H and O–H groups in total. The lowest BCUT2D eigenvalue weighted by Gasteiger charge is -2.06. The van der Waals surface area contributed by atoms with Gasteiger partial charge in [-0.15, -0.1) is 6.58 Å². The fourth-order valence-corrected chi connectivity index (χ4v) is 1.91. The van der Waals surface area contributed by atoms with Crippen molar-refractivity contribution in [3.8, 4) is 0 Å². The molecule has 1 aromatic carbocycles. The molecule has 0 fully saturated rings. The van der Waals surface area contributed by atoms with Crippen LogP contribution in [0.1, 0.15) is 5.56 Å². The van der Waals surface area contributed by atoms with E-state index in [-0.39, 0.29) is 5.56 Å². The van der Waals surface area contributed by atoms with Crippen LogP contribution in [0, 0.1) is 0 Å². The van der Waals surface area contributed by atoms with E-state index in [1.807, 2.05) is 30.3 Å². The molecule has 0 amide bonds. The van der Waals surface area contributed by atoms with Gasteiger partial charge in [-0.05, 0) is 24.6 Å². The molecule has 17 heavy (non-hydrogen) atoms. The van der Waals surface area contributed by atoms with Gasteiger partial charge in [0.2, 0.25) is 5.56 Å². The maximum absolute atomic E-state index is 11.5. The Hall–Kier alpha value is -1.87. The first-order valence-corrected chi connectivity index (χ1v) is 5.74. The number of benzene rings is 1. The molecule has 0 aliphatic rings. The Bertz CT molecular complexity index is 572. The van der Waals surface area contributed by atoms with Gasteiger partial charge in [-0.25, -0.2) is 0 Å². The number of hydrogen-bond acceptors (Lipinski definition) is 2. The zero-order valence-corrected chi connectivity index (χ0v) is 9.70. The van der Waals surface area contributed by atoms with Crippen molar-refractivity contribution in [1.82, 2.24) is 10.3 Å². The molecule has 2 aromatic rings. The number of pyridine rings is 1. The van der Waals surface area contributed by atoms with E-state index in [4.69, 9.17) is 0 Å². The van der Waals surface area contributed by atoms with E-state index >= 15 is 0 Å². The predicted molar refractivity (Wildman–Crippen MR) is 71.3 cm³/mol. The molecule has 88 valence electrons. The molecule has 0 unspecified atom stereocenters. The average Bonchev–Trinajstić information content (AvgIpc) is 2.34. The minimum atomic E-state index is -0.0394. The molecule has 1 heterocycles. The maximum atomic E-state index is 11.5. The van der Waals surface area contributed by atoms with Crippen LogP contribution in [-0.4, -0.2) is 18.1 Å². The number of H-pyrrole nitrogens is 1. The van der Waals surface area contributed by atoms with Crippen LogP contribution in [0.4, 0.5) is 0 Å². The second-order valence-electron chi connectivity index (χ2n) is 3.95. The summed E-state index contributed by atoms with van der Waals surface area (Å²) < 4.78 is 0. The maximum Gasteiger partial charge on any atom is 0.248 e. The Morgan fingerprint density at radius 1 is 1.35 bits per heavy atom. The lowest BCUT2D eigenvalue weighted by molar-refractivity contribution is 0.747. The SMILES string of the molecule is C=CCNCCc1cc(=O)[nH]c2ccccc12. The van der Waals surface area contributed by atoms with Crippen molar-refractivity contribution in [2.75, 3.05) is 13.1 Å². The van der Waals surface area contributed by atoms with E-state index in [2.05, 4.69) is 16.9 Å². The second kappa shape index (κ2) is 5.46. The summed E-state index contributed by atoms with van der Waals surface area (Å²) in [4.78, 5) is 14.3. The van der Waals surface area contributed by atoms with Crippen LogP contribution in [0.2, 0.25) is 0 Å². The van der Waals surface area contributed by atoms with Gasteiger partial charge in [0.15, 0.2) is 0 Å². The molecule has 0 atom stereocenters. The van der Waals surface area contributed by atoms with Gasteiger partial charge >= 0.3 is 0 Å². The topological polar surface area (TPSA) is 44.9 Å². The summed E-state index contributed by atoms with van der Waals surface area (Å²) in [6, 6.07) is 9.56. The van der Waals surface area contributed by atoms with Crippen molar-refractivity contribution >= 4 is 10.9 Å². The third kappa shape index (κ3) is 2.82. The highest BCUT2D eigenvalue weighted by Crippen LogP contribution is 2.14. The second-order valence-corrected chi connectivity index (χ2v) is 3.95. The molecular weight excluding hydrogens is 212 g/mol. The minimum Gasteiger partial charge on any atom is -0.322 e. The molecular formula is C14H16N2O. The van der Waals surface area contributed by atoms with Gasteiger partial charge in [0.1, 0.15) is 0 Å². The Morgan fingerprint density at radius 2 is 2.18 bits per heavy atom. The lowest BCUT2D eigenvalue weighted by Crippen LogP contribution is -2.18. The first-order chi connectivity index (χ1) is 8.31. The average molecular weight is 228 g/mol. The third-order valence-electron chi connectivity index (χ3n) is 2.70. The molecule has 2 rings (SSSR count). The summed E-state index contributed by atoms with van der Waals surface area (Å²) in [5, 5.41) is 4.36. The zero-order chi connectivity index (χ0) is 12.1. The molecule has 1 aromatic heterocycles. The van der Waals surface area contributed by atoms with Gasteiger partial charge in [-0.1, -0.05) is 24.3 Å². The van der Waals surface area contributed by atoms with Gasteiger partial charge in [0, 0.05) is 23.5 Å². The number of nitrogens with one attached hydrogen (secondary N) is 2. The van der Waals surface area contributed by atoms with Crippen molar-refractivity contribution in [3.05, 3.63) is 58.9 Å². The summed E-state index contributed by atoms with van der Waals surface area (Å²) in [7, 11) is 0. The molecule has 0 saturated heterocycles. The number of rotatable bonds is 5. The van der Waals surface area contributed by atoms with Crippen molar-refractivity contribution < 1.29 is 0 Å². The van der Waals surface area contributed by atoms with E-state index in [0.717, 1.165) is 36.0 Å². The van der Waals surface area contributed by atoms with E-state index in [1.54, 1.807) is 6.07 Å². The van der Waals surface area contributed by atoms with Crippen molar-refractivity contribution in [2.45, 2.75) is 6.42 Å². The molecule has 3 nitrogen and oxygen atoms in total. The highest BCUT2D eigenvalue weighted by atomic mass is 16.1. The Labute approximate surface area is 100 Å². The van der Waals surface area contributed by atoms with Gasteiger partial charge in [-0.2, -0.15) is 0 Å². The van der Waals surface area contributed by atoms with Gasteiger partial charge in [0.05, 0.1) is 0 Å². The standard InChI is InChI=1S/C14H16N2O/c1-2-8-15-9-7-11-10-14(17)16-13-6-4-3-5-12(11)13/h2-6,10,15H,1,7-9H2,(H,16,17).